The zero-order chi connectivity index (χ0) is 30.7. The van der Waals surface area contributed by atoms with Gasteiger partial charge in [0.05, 0.1) is 32.0 Å². The topological polar surface area (TPSA) is 80.3 Å². The van der Waals surface area contributed by atoms with Gasteiger partial charge in [-0.05, 0) is 16.7 Å². The Morgan fingerprint density at radius 1 is 0.837 bits per heavy atom. The molecular weight excluding hydrogens is 575 g/mol. The van der Waals surface area contributed by atoms with Gasteiger partial charge >= 0.3 is 0 Å². The Hall–Kier alpha value is -3.42. The summed E-state index contributed by atoms with van der Waals surface area (Å²) in [4.78, 5) is 14.6. The van der Waals surface area contributed by atoms with Crippen molar-refractivity contribution in [2.24, 2.45) is 5.92 Å². The molecule has 43 heavy (non-hydrogen) atoms. The summed E-state index contributed by atoms with van der Waals surface area (Å²) in [6.07, 6.45) is -1.22. The van der Waals surface area contributed by atoms with Crippen molar-refractivity contribution in [3.05, 3.63) is 105 Å². The van der Waals surface area contributed by atoms with Gasteiger partial charge in [0, 0.05) is 37.7 Å². The molecule has 0 aliphatic carbocycles. The van der Waals surface area contributed by atoms with E-state index < -0.39 is 46.8 Å². The molecule has 12 heteroatoms. The Labute approximate surface area is 245 Å². The number of halogens is 5. The zero-order valence-corrected chi connectivity index (χ0v) is 23.3. The number of nitrogens with one attached hydrogen (secondary N) is 1. The van der Waals surface area contributed by atoms with Crippen LogP contribution in [0, 0.1) is 35.0 Å². The van der Waals surface area contributed by atoms with E-state index in [0.717, 1.165) is 24.2 Å². The monoisotopic (exact) mass is 606 g/mol. The highest BCUT2D eigenvalue weighted by atomic mass is 19.2. The van der Waals surface area contributed by atoms with Crippen molar-refractivity contribution in [1.82, 2.24) is 10.2 Å². The van der Waals surface area contributed by atoms with Crippen LogP contribution in [0.1, 0.15) is 51.9 Å². The van der Waals surface area contributed by atoms with E-state index in [1.54, 1.807) is 24.3 Å². The number of aliphatic hydroxyl groups excluding tert-OH is 1. The third-order valence-corrected chi connectivity index (χ3v) is 7.81. The van der Waals surface area contributed by atoms with Crippen LogP contribution in [0.2, 0.25) is 0 Å². The Kier molecular flexibility index (Phi) is 9.72. The van der Waals surface area contributed by atoms with E-state index in [1.807, 2.05) is 24.3 Å². The summed E-state index contributed by atoms with van der Waals surface area (Å²) in [5.74, 6) is -12.6. The smallest absolute Gasteiger partial charge is 0.257 e. The molecule has 0 spiro atoms. The summed E-state index contributed by atoms with van der Waals surface area (Å²) in [5, 5.41) is 11.6. The predicted octanol–water partition coefficient (Wildman–Crippen LogP) is 4.93. The maximum atomic E-state index is 14.0. The third-order valence-electron chi connectivity index (χ3n) is 7.81. The highest BCUT2D eigenvalue weighted by Gasteiger charge is 2.39. The predicted molar refractivity (Wildman–Crippen MR) is 144 cm³/mol. The lowest BCUT2D eigenvalue weighted by atomic mass is 9.90. The molecule has 3 aromatic carbocycles. The van der Waals surface area contributed by atoms with Crippen LogP contribution in [0.15, 0.2) is 48.5 Å². The van der Waals surface area contributed by atoms with Gasteiger partial charge in [0.15, 0.2) is 29.6 Å². The van der Waals surface area contributed by atoms with E-state index in [2.05, 4.69) is 17.1 Å². The van der Waals surface area contributed by atoms with Crippen LogP contribution in [0.4, 0.5) is 22.0 Å². The summed E-state index contributed by atoms with van der Waals surface area (Å²) in [6, 6.07) is 14.3. The van der Waals surface area contributed by atoms with Gasteiger partial charge < -0.3 is 24.6 Å². The molecule has 1 amide bonds. The minimum absolute atomic E-state index is 0.00418. The van der Waals surface area contributed by atoms with Gasteiger partial charge in [-0.1, -0.05) is 55.5 Å². The number of morpholine rings is 1. The Bertz CT molecular complexity index is 1400. The van der Waals surface area contributed by atoms with Crippen LogP contribution >= 0.6 is 0 Å². The molecule has 0 radical (unpaired) electrons. The highest BCUT2D eigenvalue weighted by Crippen LogP contribution is 2.42. The number of carbonyl (C=O) groups excluding carboxylic acids is 1. The molecule has 2 fully saturated rings. The van der Waals surface area contributed by atoms with E-state index in [0.29, 0.717) is 30.9 Å². The lowest BCUT2D eigenvalue weighted by Crippen LogP contribution is -2.47. The first kappa shape index (κ1) is 31.0. The second-order valence-electron chi connectivity index (χ2n) is 10.6. The Morgan fingerprint density at radius 3 is 2.00 bits per heavy atom. The van der Waals surface area contributed by atoms with Gasteiger partial charge in [0.25, 0.3) is 5.91 Å². The largest absolute Gasteiger partial charge is 0.392 e. The minimum Gasteiger partial charge on any atom is -0.392 e. The molecule has 2 aliphatic heterocycles. The fraction of sp³-hybridized carbons (Fsp3) is 0.387. The fourth-order valence-electron chi connectivity index (χ4n) is 5.23. The maximum absolute atomic E-state index is 14.0. The van der Waals surface area contributed by atoms with Crippen LogP contribution in [-0.2, 0) is 27.4 Å². The molecule has 5 rings (SSSR count). The van der Waals surface area contributed by atoms with Crippen molar-refractivity contribution in [3.63, 3.8) is 0 Å². The molecule has 7 nitrogen and oxygen atoms in total. The first-order valence-corrected chi connectivity index (χ1v) is 13.9. The van der Waals surface area contributed by atoms with Crippen molar-refractivity contribution >= 4 is 5.91 Å². The lowest BCUT2D eigenvalue weighted by molar-refractivity contribution is -0.277. The maximum Gasteiger partial charge on any atom is 0.257 e. The number of carbonyl (C=O) groups is 1. The van der Waals surface area contributed by atoms with Crippen molar-refractivity contribution in [2.45, 2.75) is 38.6 Å². The number of nitrogens with zero attached hydrogens (tertiary/aromatic N) is 1. The number of rotatable bonds is 8. The third kappa shape index (κ3) is 6.73. The molecule has 0 saturated carbocycles. The van der Waals surface area contributed by atoms with E-state index in [1.165, 1.54) is 0 Å². The second kappa shape index (κ2) is 13.5. The average Bonchev–Trinajstić information content (AvgIpc) is 3.03. The van der Waals surface area contributed by atoms with E-state index >= 15 is 0 Å². The summed E-state index contributed by atoms with van der Waals surface area (Å²) in [7, 11) is 0. The summed E-state index contributed by atoms with van der Waals surface area (Å²) in [5.41, 5.74) is 1.37. The average molecular weight is 607 g/mol. The van der Waals surface area contributed by atoms with E-state index in [9.17, 15) is 31.9 Å². The fourth-order valence-corrected chi connectivity index (χ4v) is 5.23. The lowest BCUT2D eigenvalue weighted by Gasteiger charge is -2.43. The Morgan fingerprint density at radius 2 is 1.40 bits per heavy atom. The van der Waals surface area contributed by atoms with Gasteiger partial charge in [-0.2, -0.15) is 0 Å². The Balaban J connectivity index is 1.31. The molecule has 2 aliphatic rings. The molecule has 3 aromatic rings. The van der Waals surface area contributed by atoms with Gasteiger partial charge in [0.1, 0.15) is 5.56 Å². The van der Waals surface area contributed by atoms with E-state index in [-0.39, 0.29) is 31.3 Å². The van der Waals surface area contributed by atoms with Crippen molar-refractivity contribution < 1.29 is 46.1 Å². The highest BCUT2D eigenvalue weighted by molar-refractivity contribution is 5.94. The first-order chi connectivity index (χ1) is 20.7. The molecule has 230 valence electrons. The molecule has 0 bridgehead atoms. The van der Waals surface area contributed by atoms with Crippen LogP contribution in [-0.4, -0.2) is 54.9 Å². The zero-order valence-electron chi connectivity index (χ0n) is 23.3. The molecule has 2 saturated heterocycles. The molecular formula is C31H31F5N2O5. The number of ether oxygens (including phenoxy) is 3. The minimum atomic E-state index is -2.33. The van der Waals surface area contributed by atoms with E-state index in [4.69, 9.17) is 14.2 Å². The number of hydrogen-bond acceptors (Lipinski definition) is 6. The standard InChI is InChI=1S/C31H31F5N2O5/c1-17-22(15-38-10-12-41-13-11-38)42-31(43-29(17)20-6-4-19(16-39)5-7-20)21-8-2-18(3-9-21)14-37-30(40)23-24(32)26(34)28(36)27(35)25(23)33/h2-9,17,22,29,31,39H,10-16H2,1H3,(H,37,40)/t17-,22+,29+,31+/m1/s1. The molecule has 0 unspecified atom stereocenters. The number of aliphatic hydroxyl groups is 1. The first-order valence-electron chi connectivity index (χ1n) is 13.9. The summed E-state index contributed by atoms with van der Waals surface area (Å²) >= 11 is 0. The quantitative estimate of drug-likeness (QED) is 0.215. The van der Waals surface area contributed by atoms with Gasteiger partial charge in [-0.25, -0.2) is 22.0 Å². The van der Waals surface area contributed by atoms with Crippen molar-refractivity contribution in [1.29, 1.82) is 0 Å². The van der Waals surface area contributed by atoms with Crippen molar-refractivity contribution in [3.8, 4) is 0 Å². The SMILES string of the molecule is C[C@@H]1[C@H](CN2CCOCC2)O[C@H](c2ccc(CNC(=O)c3c(F)c(F)c(F)c(F)c3F)cc2)O[C@@H]1c1ccc(CO)cc1. The second-order valence-corrected chi connectivity index (χ2v) is 10.6. The van der Waals surface area contributed by atoms with Crippen LogP contribution in [0.3, 0.4) is 0 Å². The molecule has 2 N–H and O–H groups in total. The number of hydrogen-bond donors (Lipinski definition) is 2. The molecule has 0 aromatic heterocycles. The van der Waals surface area contributed by atoms with Crippen LogP contribution in [0.25, 0.3) is 0 Å². The normalized spacial score (nSPS) is 22.9. The number of amides is 1. The number of benzene rings is 3. The summed E-state index contributed by atoms with van der Waals surface area (Å²) < 4.78 is 86.7. The molecule has 2 heterocycles. The molecule has 4 atom stereocenters. The summed E-state index contributed by atoms with van der Waals surface area (Å²) in [6.45, 7) is 5.33. The van der Waals surface area contributed by atoms with Gasteiger partial charge in [-0.3, -0.25) is 9.69 Å². The van der Waals surface area contributed by atoms with Gasteiger partial charge in [-0.15, -0.1) is 0 Å². The van der Waals surface area contributed by atoms with Crippen LogP contribution < -0.4 is 5.32 Å². The van der Waals surface area contributed by atoms with Gasteiger partial charge in [0.2, 0.25) is 5.82 Å². The van der Waals surface area contributed by atoms with Crippen LogP contribution in [0.5, 0.6) is 0 Å². The van der Waals surface area contributed by atoms with Crippen molar-refractivity contribution in [2.75, 3.05) is 32.8 Å².